The number of amides is 1. The maximum atomic E-state index is 12.7. The van der Waals surface area contributed by atoms with Crippen LogP contribution in [0.15, 0.2) is 49.2 Å². The highest BCUT2D eigenvalue weighted by Crippen LogP contribution is 2.27. The Bertz CT molecular complexity index is 908. The third-order valence-corrected chi connectivity index (χ3v) is 5.44. The van der Waals surface area contributed by atoms with Gasteiger partial charge in [0, 0.05) is 56.4 Å². The number of pyridine rings is 1. The average Bonchev–Trinajstić information content (AvgIpc) is 3.38. The summed E-state index contributed by atoms with van der Waals surface area (Å²) in [5.74, 6) is 2.60. The van der Waals surface area contributed by atoms with E-state index in [9.17, 15) is 4.79 Å². The largest absolute Gasteiger partial charge is 0.341 e. The third kappa shape index (κ3) is 3.98. The number of piperidine rings is 1. The molecule has 0 unspecified atom stereocenters. The van der Waals surface area contributed by atoms with Crippen molar-refractivity contribution in [3.8, 4) is 0 Å². The van der Waals surface area contributed by atoms with Crippen LogP contribution in [0.25, 0.3) is 0 Å². The van der Waals surface area contributed by atoms with Gasteiger partial charge in [0.2, 0.25) is 5.91 Å². The molecule has 0 spiro atoms. The molecular formula is C21H26N6O. The SMILES string of the molecule is CCc1nccn1CC(=O)N1CCC(c2nccn2Cc2ccccn2)CC1. The molecule has 4 rings (SSSR count). The summed E-state index contributed by atoms with van der Waals surface area (Å²) in [4.78, 5) is 28.0. The Balaban J connectivity index is 1.36. The molecule has 0 aromatic carbocycles. The van der Waals surface area contributed by atoms with Crippen LogP contribution < -0.4 is 0 Å². The molecule has 0 bridgehead atoms. The first-order valence-electron chi connectivity index (χ1n) is 9.93. The second kappa shape index (κ2) is 8.37. The van der Waals surface area contributed by atoms with Gasteiger partial charge in [-0.3, -0.25) is 9.78 Å². The summed E-state index contributed by atoms with van der Waals surface area (Å²) in [6, 6.07) is 5.97. The van der Waals surface area contributed by atoms with Gasteiger partial charge in [0.25, 0.3) is 0 Å². The van der Waals surface area contributed by atoms with E-state index in [4.69, 9.17) is 0 Å². The Labute approximate surface area is 165 Å². The van der Waals surface area contributed by atoms with E-state index in [1.165, 1.54) is 0 Å². The molecule has 0 saturated carbocycles. The maximum absolute atomic E-state index is 12.7. The van der Waals surface area contributed by atoms with E-state index in [2.05, 4.69) is 26.4 Å². The number of hydrogen-bond donors (Lipinski definition) is 0. The van der Waals surface area contributed by atoms with Crippen LogP contribution in [-0.2, 0) is 24.3 Å². The second-order valence-corrected chi connectivity index (χ2v) is 7.21. The van der Waals surface area contributed by atoms with Crippen molar-refractivity contribution in [2.24, 2.45) is 0 Å². The van der Waals surface area contributed by atoms with Gasteiger partial charge >= 0.3 is 0 Å². The van der Waals surface area contributed by atoms with E-state index in [1.807, 2.05) is 52.5 Å². The molecule has 7 heteroatoms. The van der Waals surface area contributed by atoms with Crippen LogP contribution in [0.5, 0.6) is 0 Å². The van der Waals surface area contributed by atoms with E-state index in [1.54, 1.807) is 6.20 Å². The normalized spacial score (nSPS) is 15.1. The van der Waals surface area contributed by atoms with Crippen LogP contribution in [0.1, 0.15) is 43.0 Å². The Kier molecular flexibility index (Phi) is 5.50. The van der Waals surface area contributed by atoms with Crippen molar-refractivity contribution in [2.75, 3.05) is 13.1 Å². The van der Waals surface area contributed by atoms with E-state index in [0.29, 0.717) is 12.5 Å². The van der Waals surface area contributed by atoms with Gasteiger partial charge in [-0.15, -0.1) is 0 Å². The van der Waals surface area contributed by atoms with Crippen molar-refractivity contribution in [2.45, 2.75) is 45.2 Å². The lowest BCUT2D eigenvalue weighted by Gasteiger charge is -2.32. The number of rotatable bonds is 6. The summed E-state index contributed by atoms with van der Waals surface area (Å²) in [5, 5.41) is 0. The van der Waals surface area contributed by atoms with Gasteiger partial charge in [-0.05, 0) is 25.0 Å². The first kappa shape index (κ1) is 18.4. The summed E-state index contributed by atoms with van der Waals surface area (Å²) in [6.07, 6.45) is 12.1. The molecule has 0 aliphatic carbocycles. The third-order valence-electron chi connectivity index (χ3n) is 5.44. The van der Waals surface area contributed by atoms with Crippen LogP contribution >= 0.6 is 0 Å². The molecule has 146 valence electrons. The van der Waals surface area contributed by atoms with E-state index in [-0.39, 0.29) is 5.91 Å². The van der Waals surface area contributed by atoms with Gasteiger partial charge < -0.3 is 14.0 Å². The minimum Gasteiger partial charge on any atom is -0.341 e. The number of aromatic nitrogens is 5. The molecule has 0 radical (unpaired) electrons. The quantitative estimate of drug-likeness (QED) is 0.661. The van der Waals surface area contributed by atoms with Crippen LogP contribution in [0.3, 0.4) is 0 Å². The van der Waals surface area contributed by atoms with Crippen molar-refractivity contribution >= 4 is 5.91 Å². The number of imidazole rings is 2. The standard InChI is InChI=1S/C21H26N6O/c1-2-19-23-9-13-26(19)16-20(28)25-11-6-17(7-12-25)21-24-10-14-27(21)15-18-5-3-4-8-22-18/h3-5,8-10,13-14,17H,2,6-7,11-12,15-16H2,1H3. The van der Waals surface area contributed by atoms with Crippen LogP contribution in [0.4, 0.5) is 0 Å². The summed E-state index contributed by atoms with van der Waals surface area (Å²) < 4.78 is 4.14. The van der Waals surface area contributed by atoms with Crippen LogP contribution in [0.2, 0.25) is 0 Å². The van der Waals surface area contributed by atoms with Gasteiger partial charge in [0.05, 0.1) is 12.2 Å². The molecule has 28 heavy (non-hydrogen) atoms. The van der Waals surface area contributed by atoms with Crippen LogP contribution in [-0.4, -0.2) is 48.0 Å². The summed E-state index contributed by atoms with van der Waals surface area (Å²) in [7, 11) is 0. The van der Waals surface area contributed by atoms with E-state index in [0.717, 1.165) is 56.2 Å². The lowest BCUT2D eigenvalue weighted by atomic mass is 9.95. The number of likely N-dealkylation sites (tertiary alicyclic amines) is 1. The highest BCUT2D eigenvalue weighted by atomic mass is 16.2. The molecular weight excluding hydrogens is 352 g/mol. The summed E-state index contributed by atoms with van der Waals surface area (Å²) in [6.45, 7) is 4.71. The Hall–Kier alpha value is -2.96. The van der Waals surface area contributed by atoms with Crippen molar-refractivity contribution in [1.82, 2.24) is 29.0 Å². The zero-order chi connectivity index (χ0) is 19.3. The zero-order valence-corrected chi connectivity index (χ0v) is 16.2. The van der Waals surface area contributed by atoms with Gasteiger partial charge in [0.1, 0.15) is 18.2 Å². The van der Waals surface area contributed by atoms with Gasteiger partial charge in [-0.2, -0.15) is 0 Å². The lowest BCUT2D eigenvalue weighted by molar-refractivity contribution is -0.132. The molecule has 1 amide bonds. The van der Waals surface area contributed by atoms with Crippen molar-refractivity contribution in [3.05, 3.63) is 66.5 Å². The number of carbonyl (C=O) groups is 1. The highest BCUT2D eigenvalue weighted by Gasteiger charge is 2.26. The predicted molar refractivity (Wildman–Crippen MR) is 106 cm³/mol. The second-order valence-electron chi connectivity index (χ2n) is 7.21. The average molecular weight is 378 g/mol. The molecule has 4 heterocycles. The fraction of sp³-hybridized carbons (Fsp3) is 0.429. The Morgan fingerprint density at radius 1 is 1.04 bits per heavy atom. The smallest absolute Gasteiger partial charge is 0.242 e. The maximum Gasteiger partial charge on any atom is 0.242 e. The molecule has 1 saturated heterocycles. The van der Waals surface area contributed by atoms with Crippen LogP contribution in [0, 0.1) is 0 Å². The lowest BCUT2D eigenvalue weighted by Crippen LogP contribution is -2.40. The van der Waals surface area contributed by atoms with Crippen molar-refractivity contribution in [3.63, 3.8) is 0 Å². The van der Waals surface area contributed by atoms with E-state index >= 15 is 0 Å². The zero-order valence-electron chi connectivity index (χ0n) is 16.2. The minimum absolute atomic E-state index is 0.169. The molecule has 0 N–H and O–H groups in total. The number of hydrogen-bond acceptors (Lipinski definition) is 4. The first-order valence-corrected chi connectivity index (χ1v) is 9.93. The predicted octanol–water partition coefficient (Wildman–Crippen LogP) is 2.49. The number of nitrogens with zero attached hydrogens (tertiary/aromatic N) is 6. The Morgan fingerprint density at radius 2 is 1.82 bits per heavy atom. The summed E-state index contributed by atoms with van der Waals surface area (Å²) in [5.41, 5.74) is 1.03. The summed E-state index contributed by atoms with van der Waals surface area (Å²) >= 11 is 0. The topological polar surface area (TPSA) is 68.8 Å². The van der Waals surface area contributed by atoms with Gasteiger partial charge in [0.15, 0.2) is 0 Å². The number of aryl methyl sites for hydroxylation is 1. The monoisotopic (exact) mass is 378 g/mol. The van der Waals surface area contributed by atoms with Gasteiger partial charge in [-0.1, -0.05) is 13.0 Å². The van der Waals surface area contributed by atoms with E-state index < -0.39 is 0 Å². The fourth-order valence-electron chi connectivity index (χ4n) is 3.91. The molecule has 1 fully saturated rings. The Morgan fingerprint density at radius 3 is 2.57 bits per heavy atom. The fourth-order valence-corrected chi connectivity index (χ4v) is 3.91. The molecule has 3 aromatic heterocycles. The first-order chi connectivity index (χ1) is 13.7. The molecule has 3 aromatic rings. The molecule has 1 aliphatic rings. The number of carbonyl (C=O) groups excluding carboxylic acids is 1. The van der Waals surface area contributed by atoms with Crippen molar-refractivity contribution < 1.29 is 4.79 Å². The molecule has 7 nitrogen and oxygen atoms in total. The molecule has 1 aliphatic heterocycles. The van der Waals surface area contributed by atoms with Gasteiger partial charge in [-0.25, -0.2) is 9.97 Å². The highest BCUT2D eigenvalue weighted by molar-refractivity contribution is 5.76. The minimum atomic E-state index is 0.169. The van der Waals surface area contributed by atoms with Crippen molar-refractivity contribution in [1.29, 1.82) is 0 Å². The molecule has 0 atom stereocenters.